The summed E-state index contributed by atoms with van der Waals surface area (Å²) in [4.78, 5) is 4.43. The first-order valence-corrected chi connectivity index (χ1v) is 8.69. The molecule has 1 atom stereocenters. The van der Waals surface area contributed by atoms with Crippen LogP contribution in [0.15, 0.2) is 47.5 Å². The smallest absolute Gasteiger partial charge is 0.191 e. The van der Waals surface area contributed by atoms with Crippen molar-refractivity contribution in [1.29, 1.82) is 0 Å². The molecule has 4 nitrogen and oxygen atoms in total. The molecule has 1 unspecified atom stereocenters. The molecular formula is C20H24IN3O. The van der Waals surface area contributed by atoms with Crippen molar-refractivity contribution in [1.82, 2.24) is 10.6 Å². The van der Waals surface area contributed by atoms with Gasteiger partial charge in [0.05, 0.1) is 0 Å². The van der Waals surface area contributed by atoms with Gasteiger partial charge in [0.2, 0.25) is 0 Å². The highest BCUT2D eigenvalue weighted by Gasteiger charge is 2.19. The van der Waals surface area contributed by atoms with Crippen molar-refractivity contribution in [2.45, 2.75) is 32.4 Å². The van der Waals surface area contributed by atoms with Crippen LogP contribution in [-0.2, 0) is 13.0 Å². The monoisotopic (exact) mass is 449 g/mol. The lowest BCUT2D eigenvalue weighted by molar-refractivity contribution is 0.254. The Morgan fingerprint density at radius 3 is 2.72 bits per heavy atom. The molecule has 0 amide bonds. The van der Waals surface area contributed by atoms with Crippen LogP contribution in [0.2, 0.25) is 0 Å². The summed E-state index contributed by atoms with van der Waals surface area (Å²) in [7, 11) is 0. The molecule has 2 N–H and O–H groups in total. The third-order valence-corrected chi connectivity index (χ3v) is 4.54. The first kappa shape index (κ1) is 18.0. The molecule has 25 heavy (non-hydrogen) atoms. The first-order chi connectivity index (χ1) is 11.8. The molecule has 2 aliphatic rings. The second-order valence-corrected chi connectivity index (χ2v) is 6.52. The molecule has 2 aromatic rings. The molecule has 2 aliphatic heterocycles. The molecule has 0 saturated heterocycles. The highest BCUT2D eigenvalue weighted by molar-refractivity contribution is 14.0. The van der Waals surface area contributed by atoms with Gasteiger partial charge >= 0.3 is 0 Å². The predicted octanol–water partition coefficient (Wildman–Crippen LogP) is 3.73. The summed E-state index contributed by atoms with van der Waals surface area (Å²) < 4.78 is 5.78. The average Bonchev–Trinajstić information content (AvgIpc) is 3.00. The Hall–Kier alpha value is -1.76. The number of benzene rings is 2. The molecule has 0 spiro atoms. The summed E-state index contributed by atoms with van der Waals surface area (Å²) in [5.41, 5.74) is 5.07. The summed E-state index contributed by atoms with van der Waals surface area (Å²) in [5.74, 6) is 1.95. The van der Waals surface area contributed by atoms with Gasteiger partial charge in [-0.25, -0.2) is 0 Å². The van der Waals surface area contributed by atoms with Gasteiger partial charge in [-0.3, -0.25) is 4.99 Å². The number of aliphatic imine (C=N–C) groups is 1. The highest BCUT2D eigenvalue weighted by atomic mass is 127. The van der Waals surface area contributed by atoms with Gasteiger partial charge in [-0.1, -0.05) is 30.3 Å². The molecule has 0 radical (unpaired) electrons. The van der Waals surface area contributed by atoms with Crippen molar-refractivity contribution in [3.05, 3.63) is 53.6 Å². The van der Waals surface area contributed by atoms with Gasteiger partial charge in [-0.2, -0.15) is 0 Å². The number of rotatable bonds is 3. The molecular weight excluding hydrogens is 425 g/mol. The van der Waals surface area contributed by atoms with Crippen molar-refractivity contribution in [2.24, 2.45) is 4.99 Å². The van der Waals surface area contributed by atoms with E-state index in [0.29, 0.717) is 6.10 Å². The number of hydrogen-bond donors (Lipinski definition) is 2. The fourth-order valence-electron chi connectivity index (χ4n) is 3.25. The normalized spacial score (nSPS) is 18.3. The fraction of sp³-hybridized carbons (Fsp3) is 0.350. The maximum Gasteiger partial charge on any atom is 0.191 e. The quantitative estimate of drug-likeness (QED) is 0.703. The predicted molar refractivity (Wildman–Crippen MR) is 113 cm³/mol. The molecule has 5 heteroatoms. The Morgan fingerprint density at radius 1 is 1.16 bits per heavy atom. The minimum Gasteiger partial charge on any atom is -0.490 e. The van der Waals surface area contributed by atoms with Gasteiger partial charge in [0.25, 0.3) is 0 Å². The van der Waals surface area contributed by atoms with Gasteiger partial charge < -0.3 is 15.4 Å². The lowest BCUT2D eigenvalue weighted by Crippen LogP contribution is -2.40. The van der Waals surface area contributed by atoms with Crippen LogP contribution >= 0.6 is 24.0 Å². The van der Waals surface area contributed by atoms with Crippen LogP contribution in [0, 0.1) is 0 Å². The molecule has 2 heterocycles. The molecule has 0 bridgehead atoms. The zero-order valence-corrected chi connectivity index (χ0v) is 16.7. The van der Waals surface area contributed by atoms with E-state index in [9.17, 15) is 0 Å². The third kappa shape index (κ3) is 4.26. The van der Waals surface area contributed by atoms with Crippen molar-refractivity contribution in [3.63, 3.8) is 0 Å². The molecule has 2 aromatic carbocycles. The van der Waals surface area contributed by atoms with E-state index >= 15 is 0 Å². The summed E-state index contributed by atoms with van der Waals surface area (Å²) >= 11 is 0. The average molecular weight is 449 g/mol. The number of fused-ring (bicyclic) bond motifs is 1. The zero-order chi connectivity index (χ0) is 16.4. The minimum atomic E-state index is 0. The fourth-order valence-corrected chi connectivity index (χ4v) is 3.25. The SMILES string of the molecule is CC1Cc2cc(-c3ccc(CNC4=NCCCN4)cc3)ccc2O1.I. The van der Waals surface area contributed by atoms with Gasteiger partial charge in [-0.05, 0) is 47.7 Å². The zero-order valence-electron chi connectivity index (χ0n) is 14.4. The molecule has 0 fully saturated rings. The van der Waals surface area contributed by atoms with E-state index in [1.165, 1.54) is 22.3 Å². The molecule has 4 rings (SSSR count). The second-order valence-electron chi connectivity index (χ2n) is 6.52. The number of nitrogens with zero attached hydrogens (tertiary/aromatic N) is 1. The van der Waals surface area contributed by atoms with Crippen LogP contribution < -0.4 is 15.4 Å². The number of halogens is 1. The lowest BCUT2D eigenvalue weighted by atomic mass is 10.00. The van der Waals surface area contributed by atoms with Crippen LogP contribution in [0.4, 0.5) is 0 Å². The first-order valence-electron chi connectivity index (χ1n) is 8.69. The van der Waals surface area contributed by atoms with Gasteiger partial charge in [0, 0.05) is 26.1 Å². The Morgan fingerprint density at radius 2 is 1.96 bits per heavy atom. The van der Waals surface area contributed by atoms with E-state index in [1.54, 1.807) is 0 Å². The Labute approximate surface area is 166 Å². The van der Waals surface area contributed by atoms with E-state index < -0.39 is 0 Å². The van der Waals surface area contributed by atoms with E-state index in [-0.39, 0.29) is 24.0 Å². The van der Waals surface area contributed by atoms with Gasteiger partial charge in [0.1, 0.15) is 11.9 Å². The van der Waals surface area contributed by atoms with Gasteiger partial charge in [0.15, 0.2) is 5.96 Å². The molecule has 0 saturated carbocycles. The van der Waals surface area contributed by atoms with Crippen LogP contribution in [0.3, 0.4) is 0 Å². The van der Waals surface area contributed by atoms with E-state index in [2.05, 4.69) is 65.0 Å². The molecule has 0 aliphatic carbocycles. The Balaban J connectivity index is 0.00000182. The van der Waals surface area contributed by atoms with E-state index in [4.69, 9.17) is 4.74 Å². The van der Waals surface area contributed by atoms with Crippen LogP contribution in [-0.4, -0.2) is 25.2 Å². The number of ether oxygens (including phenoxy) is 1. The second kappa shape index (κ2) is 8.08. The largest absolute Gasteiger partial charge is 0.490 e. The maximum atomic E-state index is 5.78. The number of guanidine groups is 1. The van der Waals surface area contributed by atoms with Crippen molar-refractivity contribution >= 4 is 29.9 Å². The minimum absolute atomic E-state index is 0. The van der Waals surface area contributed by atoms with Crippen molar-refractivity contribution in [3.8, 4) is 16.9 Å². The summed E-state index contributed by atoms with van der Waals surface area (Å²) in [6, 6.07) is 15.2. The van der Waals surface area contributed by atoms with Crippen LogP contribution in [0.25, 0.3) is 11.1 Å². The van der Waals surface area contributed by atoms with E-state index in [0.717, 1.165) is 44.2 Å². The Kier molecular flexibility index (Phi) is 5.83. The summed E-state index contributed by atoms with van der Waals surface area (Å²) in [5, 5.41) is 6.64. The van der Waals surface area contributed by atoms with Crippen molar-refractivity contribution < 1.29 is 4.74 Å². The van der Waals surface area contributed by atoms with Crippen LogP contribution in [0.1, 0.15) is 24.5 Å². The highest BCUT2D eigenvalue weighted by Crippen LogP contribution is 2.32. The third-order valence-electron chi connectivity index (χ3n) is 4.54. The van der Waals surface area contributed by atoms with Crippen LogP contribution in [0.5, 0.6) is 5.75 Å². The number of hydrogen-bond acceptors (Lipinski definition) is 4. The van der Waals surface area contributed by atoms with E-state index in [1.807, 2.05) is 0 Å². The topological polar surface area (TPSA) is 45.7 Å². The summed E-state index contributed by atoms with van der Waals surface area (Å²) in [6.07, 6.45) is 2.41. The molecule has 132 valence electrons. The summed E-state index contributed by atoms with van der Waals surface area (Å²) in [6.45, 7) is 4.83. The standard InChI is InChI=1S/C20H23N3O.HI/c1-14-11-18-12-17(7-8-19(18)24-14)16-5-3-15(4-6-16)13-23-20-21-9-2-10-22-20;/h3-8,12,14H,2,9-11,13H2,1H3,(H2,21,22,23);1H. The van der Waals surface area contributed by atoms with Gasteiger partial charge in [-0.15, -0.1) is 24.0 Å². The maximum absolute atomic E-state index is 5.78. The lowest BCUT2D eigenvalue weighted by Gasteiger charge is -2.16. The number of nitrogens with one attached hydrogen (secondary N) is 2. The van der Waals surface area contributed by atoms with Crippen molar-refractivity contribution in [2.75, 3.05) is 13.1 Å². The molecule has 0 aromatic heterocycles. The Bertz CT molecular complexity index is 758.